The van der Waals surface area contributed by atoms with Crippen LogP contribution in [0.15, 0.2) is 18.2 Å². The molecule has 0 saturated carbocycles. The van der Waals surface area contributed by atoms with E-state index in [1.54, 1.807) is 30.1 Å². The highest BCUT2D eigenvalue weighted by atomic mass is 16.4. The van der Waals surface area contributed by atoms with Gasteiger partial charge in [-0.15, -0.1) is 0 Å². The van der Waals surface area contributed by atoms with E-state index < -0.39 is 5.97 Å². The molecule has 0 radical (unpaired) electrons. The van der Waals surface area contributed by atoms with Crippen LogP contribution in [-0.4, -0.2) is 40.0 Å². The van der Waals surface area contributed by atoms with Crippen LogP contribution in [0, 0.1) is 13.8 Å². The lowest BCUT2D eigenvalue weighted by atomic mass is 10.1. The lowest BCUT2D eigenvalue weighted by Crippen LogP contribution is -2.30. The van der Waals surface area contributed by atoms with Crippen molar-refractivity contribution in [1.82, 2.24) is 9.47 Å². The lowest BCUT2D eigenvalue weighted by molar-refractivity contribution is -0.130. The number of rotatable bonds is 4. The minimum atomic E-state index is -0.941. The summed E-state index contributed by atoms with van der Waals surface area (Å²) in [6.07, 6.45) is 0. The number of amides is 1. The van der Waals surface area contributed by atoms with Gasteiger partial charge in [-0.2, -0.15) is 0 Å². The van der Waals surface area contributed by atoms with E-state index in [0.717, 1.165) is 22.2 Å². The first-order chi connectivity index (χ1) is 9.86. The van der Waals surface area contributed by atoms with E-state index in [9.17, 15) is 9.59 Å². The van der Waals surface area contributed by atoms with E-state index in [4.69, 9.17) is 5.11 Å². The maximum atomic E-state index is 12.1. The van der Waals surface area contributed by atoms with Crippen LogP contribution in [0.5, 0.6) is 0 Å². The molecule has 0 aliphatic rings. The highest BCUT2D eigenvalue weighted by molar-refractivity contribution is 5.95. The maximum absolute atomic E-state index is 12.1. The van der Waals surface area contributed by atoms with Crippen LogP contribution in [0.25, 0.3) is 10.9 Å². The number of aromatic nitrogens is 1. The Balaban J connectivity index is 2.52. The number of likely N-dealkylation sites (N-methyl/N-ethyl adjacent to an activating group) is 1. The fourth-order valence-corrected chi connectivity index (χ4v) is 2.42. The van der Waals surface area contributed by atoms with Crippen molar-refractivity contribution in [3.63, 3.8) is 0 Å². The topological polar surface area (TPSA) is 62.5 Å². The van der Waals surface area contributed by atoms with Crippen molar-refractivity contribution in [2.24, 2.45) is 0 Å². The summed E-state index contributed by atoms with van der Waals surface area (Å²) in [5.74, 6) is -0.900. The number of carbonyl (C=O) groups excluding carboxylic acids is 1. The van der Waals surface area contributed by atoms with Crippen molar-refractivity contribution < 1.29 is 14.7 Å². The molecule has 5 nitrogen and oxygen atoms in total. The standard InChI is InChI=1S/C16H20N2O3/c1-5-17(4)15(19)9-18-11(3)10(2)13-8-12(16(20)21)6-7-14(13)18/h6-8H,5,9H2,1-4H3,(H,20,21). The molecule has 0 aliphatic heterocycles. The zero-order valence-electron chi connectivity index (χ0n) is 12.8. The molecule has 1 N–H and O–H groups in total. The van der Waals surface area contributed by atoms with Crippen molar-refractivity contribution in [3.05, 3.63) is 35.0 Å². The van der Waals surface area contributed by atoms with Gasteiger partial charge in [-0.3, -0.25) is 4.79 Å². The summed E-state index contributed by atoms with van der Waals surface area (Å²) in [4.78, 5) is 24.9. The number of hydrogen-bond donors (Lipinski definition) is 1. The van der Waals surface area contributed by atoms with Crippen molar-refractivity contribution >= 4 is 22.8 Å². The highest BCUT2D eigenvalue weighted by Crippen LogP contribution is 2.26. The minimum Gasteiger partial charge on any atom is -0.478 e. The number of fused-ring (bicyclic) bond motifs is 1. The summed E-state index contributed by atoms with van der Waals surface area (Å²) in [7, 11) is 1.78. The second-order valence-electron chi connectivity index (χ2n) is 5.24. The average molecular weight is 288 g/mol. The van der Waals surface area contributed by atoms with Crippen molar-refractivity contribution in [2.45, 2.75) is 27.3 Å². The highest BCUT2D eigenvalue weighted by Gasteiger charge is 2.16. The molecule has 2 aromatic rings. The number of carboxylic acids is 1. The lowest BCUT2D eigenvalue weighted by Gasteiger charge is -2.16. The molecule has 0 spiro atoms. The smallest absolute Gasteiger partial charge is 0.335 e. The molecule has 0 unspecified atom stereocenters. The number of carboxylic acid groups (broad SMARTS) is 1. The van der Waals surface area contributed by atoms with E-state index in [2.05, 4.69) is 0 Å². The zero-order chi connectivity index (χ0) is 15.7. The van der Waals surface area contributed by atoms with Crippen LogP contribution in [0.4, 0.5) is 0 Å². The molecule has 21 heavy (non-hydrogen) atoms. The minimum absolute atomic E-state index is 0.0415. The Kier molecular flexibility index (Phi) is 4.02. The molecule has 112 valence electrons. The molecule has 0 aliphatic carbocycles. The third-order valence-electron chi connectivity index (χ3n) is 4.08. The SMILES string of the molecule is CCN(C)C(=O)Cn1c(C)c(C)c2cc(C(=O)O)ccc21. The summed E-state index contributed by atoms with van der Waals surface area (Å²) < 4.78 is 1.95. The monoisotopic (exact) mass is 288 g/mol. The van der Waals surface area contributed by atoms with Gasteiger partial charge < -0.3 is 14.6 Å². The number of carbonyl (C=O) groups is 2. The fourth-order valence-electron chi connectivity index (χ4n) is 2.42. The Morgan fingerprint density at radius 1 is 1.29 bits per heavy atom. The molecule has 1 amide bonds. The second kappa shape index (κ2) is 5.60. The number of hydrogen-bond acceptors (Lipinski definition) is 2. The second-order valence-corrected chi connectivity index (χ2v) is 5.24. The van der Waals surface area contributed by atoms with Gasteiger partial charge in [0.25, 0.3) is 0 Å². The summed E-state index contributed by atoms with van der Waals surface area (Å²) in [5, 5.41) is 9.98. The van der Waals surface area contributed by atoms with Gasteiger partial charge in [0, 0.05) is 30.2 Å². The normalized spacial score (nSPS) is 10.9. The number of aromatic carboxylic acids is 1. The van der Waals surface area contributed by atoms with E-state index in [0.29, 0.717) is 6.54 Å². The van der Waals surface area contributed by atoms with Gasteiger partial charge in [0.2, 0.25) is 5.91 Å². The number of benzene rings is 1. The molecule has 2 rings (SSSR count). The first-order valence-electron chi connectivity index (χ1n) is 6.93. The third-order valence-corrected chi connectivity index (χ3v) is 4.08. The largest absolute Gasteiger partial charge is 0.478 e. The third kappa shape index (κ3) is 2.63. The van der Waals surface area contributed by atoms with E-state index in [1.807, 2.05) is 25.3 Å². The average Bonchev–Trinajstić information content (AvgIpc) is 2.71. The van der Waals surface area contributed by atoms with Gasteiger partial charge in [-0.05, 0) is 44.5 Å². The number of aryl methyl sites for hydroxylation is 1. The van der Waals surface area contributed by atoms with Gasteiger partial charge in [0.1, 0.15) is 6.54 Å². The summed E-state index contributed by atoms with van der Waals surface area (Å²) in [6, 6.07) is 5.02. The van der Waals surface area contributed by atoms with Crippen LogP contribution in [0.1, 0.15) is 28.5 Å². The van der Waals surface area contributed by atoms with Gasteiger partial charge in [0.15, 0.2) is 0 Å². The van der Waals surface area contributed by atoms with Crippen molar-refractivity contribution in [3.8, 4) is 0 Å². The van der Waals surface area contributed by atoms with Crippen LogP contribution in [-0.2, 0) is 11.3 Å². The van der Waals surface area contributed by atoms with Gasteiger partial charge in [-0.1, -0.05) is 0 Å². The zero-order valence-corrected chi connectivity index (χ0v) is 12.8. The first kappa shape index (κ1) is 15.1. The van der Waals surface area contributed by atoms with E-state index in [1.165, 1.54) is 0 Å². The molecular formula is C16H20N2O3. The van der Waals surface area contributed by atoms with Crippen molar-refractivity contribution in [1.29, 1.82) is 0 Å². The van der Waals surface area contributed by atoms with Crippen molar-refractivity contribution in [2.75, 3.05) is 13.6 Å². The fraction of sp³-hybridized carbons (Fsp3) is 0.375. The molecular weight excluding hydrogens is 268 g/mol. The predicted octanol–water partition coefficient (Wildman–Crippen LogP) is 2.43. The van der Waals surface area contributed by atoms with Crippen LogP contribution in [0.3, 0.4) is 0 Å². The van der Waals surface area contributed by atoms with Gasteiger partial charge in [-0.25, -0.2) is 4.79 Å². The van der Waals surface area contributed by atoms with Crippen LogP contribution >= 0.6 is 0 Å². The summed E-state index contributed by atoms with van der Waals surface area (Å²) in [6.45, 7) is 6.78. The first-order valence-corrected chi connectivity index (χ1v) is 6.93. The molecule has 0 atom stereocenters. The number of nitrogens with zero attached hydrogens (tertiary/aromatic N) is 2. The van der Waals surface area contributed by atoms with Gasteiger partial charge in [0.05, 0.1) is 5.56 Å². The molecule has 5 heteroatoms. The van der Waals surface area contributed by atoms with Crippen LogP contribution < -0.4 is 0 Å². The van der Waals surface area contributed by atoms with Crippen LogP contribution in [0.2, 0.25) is 0 Å². The predicted molar refractivity (Wildman–Crippen MR) is 81.7 cm³/mol. The molecule has 0 bridgehead atoms. The molecule has 0 saturated heterocycles. The maximum Gasteiger partial charge on any atom is 0.335 e. The molecule has 0 fully saturated rings. The van der Waals surface area contributed by atoms with Gasteiger partial charge >= 0.3 is 5.97 Å². The Morgan fingerprint density at radius 3 is 2.52 bits per heavy atom. The molecule has 1 heterocycles. The quantitative estimate of drug-likeness (QED) is 0.940. The molecule has 1 aromatic carbocycles. The van der Waals surface area contributed by atoms with E-state index in [-0.39, 0.29) is 18.0 Å². The van der Waals surface area contributed by atoms with E-state index >= 15 is 0 Å². The Hall–Kier alpha value is -2.30. The Morgan fingerprint density at radius 2 is 1.95 bits per heavy atom. The Bertz CT molecular complexity index is 716. The summed E-state index contributed by atoms with van der Waals surface area (Å²) in [5.41, 5.74) is 3.16. The Labute approximate surface area is 123 Å². The summed E-state index contributed by atoms with van der Waals surface area (Å²) >= 11 is 0. The molecule has 1 aromatic heterocycles.